The number of rotatable bonds is 3. The molecule has 0 radical (unpaired) electrons. The van der Waals surface area contributed by atoms with E-state index >= 15 is 0 Å². The molecule has 0 aliphatic carbocycles. The summed E-state index contributed by atoms with van der Waals surface area (Å²) < 4.78 is 1.03. The Morgan fingerprint density at radius 1 is 1.04 bits per heavy atom. The highest BCUT2D eigenvalue weighted by Crippen LogP contribution is 2.19. The van der Waals surface area contributed by atoms with E-state index in [-0.39, 0.29) is 12.1 Å². The molecule has 1 heterocycles. The summed E-state index contributed by atoms with van der Waals surface area (Å²) in [4.78, 5) is 16.7. The van der Waals surface area contributed by atoms with E-state index in [2.05, 4.69) is 38.3 Å². The molecule has 3 rings (SSSR count). The van der Waals surface area contributed by atoms with E-state index in [0.29, 0.717) is 0 Å². The van der Waals surface area contributed by atoms with E-state index in [9.17, 15) is 4.79 Å². The molecule has 1 aliphatic heterocycles. The van der Waals surface area contributed by atoms with Gasteiger partial charge in [0.05, 0.1) is 6.04 Å². The third kappa shape index (κ3) is 4.09. The van der Waals surface area contributed by atoms with Gasteiger partial charge in [0.1, 0.15) is 0 Å². The molecular weight excluding hydrogens is 366 g/mol. The fourth-order valence-electron chi connectivity index (χ4n) is 2.94. The van der Waals surface area contributed by atoms with Crippen molar-refractivity contribution in [3.63, 3.8) is 0 Å². The summed E-state index contributed by atoms with van der Waals surface area (Å²) >= 11 is 3.47. The van der Waals surface area contributed by atoms with Gasteiger partial charge in [0, 0.05) is 36.3 Å². The van der Waals surface area contributed by atoms with Crippen molar-refractivity contribution in [3.8, 4) is 0 Å². The molecule has 1 unspecified atom stereocenters. The van der Waals surface area contributed by atoms with Crippen molar-refractivity contribution < 1.29 is 4.79 Å². The van der Waals surface area contributed by atoms with Gasteiger partial charge >= 0.3 is 6.03 Å². The first kappa shape index (κ1) is 16.8. The number of halogens is 1. The molecule has 2 aromatic carbocycles. The lowest BCUT2D eigenvalue weighted by molar-refractivity contribution is 0.191. The summed E-state index contributed by atoms with van der Waals surface area (Å²) in [6, 6.07) is 18.4. The van der Waals surface area contributed by atoms with Gasteiger partial charge in [-0.2, -0.15) is 0 Å². The minimum Gasteiger partial charge on any atom is -0.368 e. The van der Waals surface area contributed by atoms with E-state index in [1.165, 1.54) is 5.69 Å². The second-order valence-corrected chi connectivity index (χ2v) is 6.95. The third-order valence-electron chi connectivity index (χ3n) is 4.38. The lowest BCUT2D eigenvalue weighted by atomic mass is 10.1. The van der Waals surface area contributed by atoms with Gasteiger partial charge in [-0.15, -0.1) is 0 Å². The van der Waals surface area contributed by atoms with Crippen LogP contribution < -0.4 is 10.2 Å². The van der Waals surface area contributed by atoms with Crippen LogP contribution in [0.25, 0.3) is 0 Å². The van der Waals surface area contributed by atoms with Crippen LogP contribution in [0.4, 0.5) is 10.5 Å². The molecule has 1 atom stereocenters. The molecule has 0 bridgehead atoms. The summed E-state index contributed by atoms with van der Waals surface area (Å²) in [5, 5.41) is 3.10. The second kappa shape index (κ2) is 7.71. The average molecular weight is 388 g/mol. The second-order valence-electron chi connectivity index (χ2n) is 6.04. The Balaban J connectivity index is 1.54. The first-order valence-corrected chi connectivity index (χ1v) is 9.03. The van der Waals surface area contributed by atoms with Gasteiger partial charge < -0.3 is 15.1 Å². The Morgan fingerprint density at radius 3 is 2.42 bits per heavy atom. The number of carbonyl (C=O) groups excluding carboxylic acids is 1. The van der Waals surface area contributed by atoms with Crippen LogP contribution in [0.2, 0.25) is 0 Å². The Kier molecular flexibility index (Phi) is 5.41. The number of nitrogens with zero attached hydrogens (tertiary/aromatic N) is 2. The standard InChI is InChI=1S/C19H22BrN3O/c1-15(16-6-5-7-17(20)14-16)21-19(24)23-12-10-22(11-13-23)18-8-3-2-4-9-18/h2-9,14-15H,10-13H2,1H3,(H,21,24). The monoisotopic (exact) mass is 387 g/mol. The van der Waals surface area contributed by atoms with Crippen molar-refractivity contribution in [1.29, 1.82) is 0 Å². The molecule has 0 saturated carbocycles. The number of anilines is 1. The highest BCUT2D eigenvalue weighted by Gasteiger charge is 2.22. The van der Waals surface area contributed by atoms with Crippen LogP contribution in [0.3, 0.4) is 0 Å². The SMILES string of the molecule is CC(NC(=O)N1CCN(c2ccccc2)CC1)c1cccc(Br)c1. The van der Waals surface area contributed by atoms with Crippen LogP contribution in [-0.2, 0) is 0 Å². The van der Waals surface area contributed by atoms with Gasteiger partial charge in [0.25, 0.3) is 0 Å². The van der Waals surface area contributed by atoms with Crippen LogP contribution in [0, 0.1) is 0 Å². The van der Waals surface area contributed by atoms with Crippen molar-refractivity contribution in [2.45, 2.75) is 13.0 Å². The predicted octanol–water partition coefficient (Wildman–Crippen LogP) is 4.04. The molecule has 24 heavy (non-hydrogen) atoms. The molecule has 1 N–H and O–H groups in total. The fraction of sp³-hybridized carbons (Fsp3) is 0.316. The van der Waals surface area contributed by atoms with Crippen LogP contribution >= 0.6 is 15.9 Å². The number of nitrogens with one attached hydrogen (secondary N) is 1. The maximum atomic E-state index is 12.5. The van der Waals surface area contributed by atoms with Crippen LogP contribution in [0.5, 0.6) is 0 Å². The number of piperazine rings is 1. The number of para-hydroxylation sites is 1. The summed E-state index contributed by atoms with van der Waals surface area (Å²) in [5.41, 5.74) is 2.32. The van der Waals surface area contributed by atoms with Crippen molar-refractivity contribution in [2.75, 3.05) is 31.1 Å². The number of carbonyl (C=O) groups is 1. The molecule has 1 aliphatic rings. The Morgan fingerprint density at radius 2 is 1.75 bits per heavy atom. The molecule has 126 valence electrons. The summed E-state index contributed by atoms with van der Waals surface area (Å²) in [5.74, 6) is 0. The number of amides is 2. The van der Waals surface area contributed by atoms with E-state index < -0.39 is 0 Å². The topological polar surface area (TPSA) is 35.6 Å². The number of hydrogen-bond donors (Lipinski definition) is 1. The van der Waals surface area contributed by atoms with Gasteiger partial charge in [0.2, 0.25) is 0 Å². The molecular formula is C19H22BrN3O. The number of benzene rings is 2. The van der Waals surface area contributed by atoms with Crippen LogP contribution in [-0.4, -0.2) is 37.1 Å². The van der Waals surface area contributed by atoms with Crippen LogP contribution in [0.15, 0.2) is 59.1 Å². The first-order valence-electron chi connectivity index (χ1n) is 8.24. The molecule has 2 aromatic rings. The normalized spacial score (nSPS) is 15.9. The minimum absolute atomic E-state index is 0.00943. The third-order valence-corrected chi connectivity index (χ3v) is 4.87. The zero-order valence-corrected chi connectivity index (χ0v) is 15.4. The smallest absolute Gasteiger partial charge is 0.317 e. The van der Waals surface area contributed by atoms with E-state index in [0.717, 1.165) is 36.2 Å². The molecule has 2 amide bonds. The largest absolute Gasteiger partial charge is 0.368 e. The highest BCUT2D eigenvalue weighted by atomic mass is 79.9. The lowest BCUT2D eigenvalue weighted by Gasteiger charge is -2.36. The van der Waals surface area contributed by atoms with Crippen molar-refractivity contribution in [3.05, 3.63) is 64.6 Å². The number of urea groups is 1. The maximum absolute atomic E-state index is 12.5. The molecule has 1 saturated heterocycles. The molecule has 0 aromatic heterocycles. The van der Waals surface area contributed by atoms with E-state index in [4.69, 9.17) is 0 Å². The van der Waals surface area contributed by atoms with Gasteiger partial charge in [-0.05, 0) is 36.8 Å². The predicted molar refractivity (Wildman–Crippen MR) is 101 cm³/mol. The summed E-state index contributed by atoms with van der Waals surface area (Å²) in [7, 11) is 0. The van der Waals surface area contributed by atoms with Crippen LogP contribution in [0.1, 0.15) is 18.5 Å². The zero-order chi connectivity index (χ0) is 16.9. The van der Waals surface area contributed by atoms with Crippen molar-refractivity contribution >= 4 is 27.6 Å². The minimum atomic E-state index is -0.0119. The summed E-state index contributed by atoms with van der Waals surface area (Å²) in [6.07, 6.45) is 0. The molecule has 1 fully saturated rings. The van der Waals surface area contributed by atoms with Crippen molar-refractivity contribution in [1.82, 2.24) is 10.2 Å². The Bertz CT molecular complexity index is 684. The Hall–Kier alpha value is -2.01. The van der Waals surface area contributed by atoms with Gasteiger partial charge in [-0.3, -0.25) is 0 Å². The van der Waals surface area contributed by atoms with Gasteiger partial charge in [-0.25, -0.2) is 4.79 Å². The summed E-state index contributed by atoms with van der Waals surface area (Å²) in [6.45, 7) is 5.23. The molecule has 5 heteroatoms. The van der Waals surface area contributed by atoms with E-state index in [1.54, 1.807) is 0 Å². The maximum Gasteiger partial charge on any atom is 0.317 e. The van der Waals surface area contributed by atoms with Gasteiger partial charge in [-0.1, -0.05) is 46.3 Å². The quantitative estimate of drug-likeness (QED) is 0.862. The molecule has 4 nitrogen and oxygen atoms in total. The van der Waals surface area contributed by atoms with E-state index in [1.807, 2.05) is 54.3 Å². The van der Waals surface area contributed by atoms with Gasteiger partial charge in [0.15, 0.2) is 0 Å². The number of hydrogen-bond acceptors (Lipinski definition) is 2. The highest BCUT2D eigenvalue weighted by molar-refractivity contribution is 9.10. The van der Waals surface area contributed by atoms with Crippen molar-refractivity contribution in [2.24, 2.45) is 0 Å². The lowest BCUT2D eigenvalue weighted by Crippen LogP contribution is -2.52. The fourth-order valence-corrected chi connectivity index (χ4v) is 3.36. The zero-order valence-electron chi connectivity index (χ0n) is 13.8. The molecule has 0 spiro atoms. The Labute approximate surface area is 151 Å². The average Bonchev–Trinajstić information content (AvgIpc) is 2.62. The first-order chi connectivity index (χ1) is 11.6.